The number of rotatable bonds is 9. The molecular formula is C21H25NO6S. The molecule has 0 unspecified atom stereocenters. The summed E-state index contributed by atoms with van der Waals surface area (Å²) in [5, 5.41) is 0. The molecule has 2 rings (SSSR count). The smallest absolute Gasteiger partial charge is 0.340 e. The standard InChI is InChI=1S/C21H25NO6S/c1-4-7-15-8-11-17(12-9-15)29(25,26)22-19-14-16(20(23)27-5-2)10-13-18(19)21(24)28-6-3/h8-14,22H,4-7H2,1-3H3. The van der Waals surface area contributed by atoms with E-state index in [1.165, 1.54) is 30.3 Å². The summed E-state index contributed by atoms with van der Waals surface area (Å²) in [6.07, 6.45) is 1.80. The number of hydrogen-bond donors (Lipinski definition) is 1. The van der Waals surface area contributed by atoms with Crippen molar-refractivity contribution in [1.82, 2.24) is 0 Å². The highest BCUT2D eigenvalue weighted by molar-refractivity contribution is 7.92. The largest absolute Gasteiger partial charge is 0.462 e. The zero-order chi connectivity index (χ0) is 21.4. The maximum Gasteiger partial charge on any atom is 0.340 e. The predicted molar refractivity (Wildman–Crippen MR) is 110 cm³/mol. The first kappa shape index (κ1) is 22.4. The number of carbonyl (C=O) groups excluding carboxylic acids is 2. The average molecular weight is 419 g/mol. The van der Waals surface area contributed by atoms with Crippen LogP contribution in [0.3, 0.4) is 0 Å². The fraction of sp³-hybridized carbons (Fsp3) is 0.333. The Hall–Kier alpha value is -2.87. The molecule has 0 saturated carbocycles. The highest BCUT2D eigenvalue weighted by Gasteiger charge is 2.21. The van der Waals surface area contributed by atoms with Crippen molar-refractivity contribution in [2.24, 2.45) is 0 Å². The van der Waals surface area contributed by atoms with Gasteiger partial charge in [0.2, 0.25) is 0 Å². The third kappa shape index (κ3) is 5.80. The van der Waals surface area contributed by atoms with E-state index >= 15 is 0 Å². The number of nitrogens with one attached hydrogen (secondary N) is 1. The number of carbonyl (C=O) groups is 2. The predicted octanol–water partition coefficient (Wildman–Crippen LogP) is 3.79. The molecule has 0 heterocycles. The van der Waals surface area contributed by atoms with Crippen molar-refractivity contribution >= 4 is 27.6 Å². The summed E-state index contributed by atoms with van der Waals surface area (Å²) in [6, 6.07) is 10.5. The maximum absolute atomic E-state index is 12.8. The van der Waals surface area contributed by atoms with Crippen LogP contribution in [0.5, 0.6) is 0 Å². The normalized spacial score (nSPS) is 11.0. The van der Waals surface area contributed by atoms with E-state index in [0.717, 1.165) is 18.4 Å². The van der Waals surface area contributed by atoms with Crippen LogP contribution in [-0.2, 0) is 25.9 Å². The summed E-state index contributed by atoms with van der Waals surface area (Å²) in [4.78, 5) is 24.3. The minimum Gasteiger partial charge on any atom is -0.462 e. The molecule has 7 nitrogen and oxygen atoms in total. The molecule has 0 fully saturated rings. The zero-order valence-electron chi connectivity index (χ0n) is 16.7. The lowest BCUT2D eigenvalue weighted by Crippen LogP contribution is -2.17. The summed E-state index contributed by atoms with van der Waals surface area (Å²) >= 11 is 0. The van der Waals surface area contributed by atoms with Gasteiger partial charge in [0.1, 0.15) is 0 Å². The number of hydrogen-bond acceptors (Lipinski definition) is 6. The number of sulfonamides is 1. The van der Waals surface area contributed by atoms with Crippen LogP contribution in [0.25, 0.3) is 0 Å². The van der Waals surface area contributed by atoms with Crippen molar-refractivity contribution in [3.8, 4) is 0 Å². The van der Waals surface area contributed by atoms with E-state index in [1.807, 2.05) is 6.92 Å². The van der Waals surface area contributed by atoms with Crippen molar-refractivity contribution < 1.29 is 27.5 Å². The monoisotopic (exact) mass is 419 g/mol. The lowest BCUT2D eigenvalue weighted by Gasteiger charge is -2.14. The lowest BCUT2D eigenvalue weighted by atomic mass is 10.1. The Kier molecular flexibility index (Phi) is 7.78. The summed E-state index contributed by atoms with van der Waals surface area (Å²) in [7, 11) is -3.98. The SMILES string of the molecule is CCCc1ccc(S(=O)(=O)Nc2cc(C(=O)OCC)ccc2C(=O)OCC)cc1. The number of aryl methyl sites for hydroxylation is 1. The van der Waals surface area contributed by atoms with E-state index in [4.69, 9.17) is 9.47 Å². The van der Waals surface area contributed by atoms with Gasteiger partial charge in [-0.2, -0.15) is 0 Å². The van der Waals surface area contributed by atoms with E-state index in [2.05, 4.69) is 4.72 Å². The van der Waals surface area contributed by atoms with Gasteiger partial charge in [-0.3, -0.25) is 4.72 Å². The number of benzene rings is 2. The molecule has 0 saturated heterocycles. The fourth-order valence-corrected chi connectivity index (χ4v) is 3.76. The van der Waals surface area contributed by atoms with Gasteiger partial charge in [-0.15, -0.1) is 0 Å². The molecule has 2 aromatic rings. The van der Waals surface area contributed by atoms with Crippen LogP contribution in [0.4, 0.5) is 5.69 Å². The van der Waals surface area contributed by atoms with Crippen molar-refractivity contribution in [2.45, 2.75) is 38.5 Å². The van der Waals surface area contributed by atoms with Crippen LogP contribution in [-0.4, -0.2) is 33.6 Å². The van der Waals surface area contributed by atoms with Gasteiger partial charge in [-0.25, -0.2) is 18.0 Å². The Labute approximate surface area is 171 Å². The van der Waals surface area contributed by atoms with E-state index in [9.17, 15) is 18.0 Å². The van der Waals surface area contributed by atoms with Gasteiger partial charge < -0.3 is 9.47 Å². The molecule has 8 heteroatoms. The molecule has 156 valence electrons. The minimum atomic E-state index is -3.98. The van der Waals surface area contributed by atoms with E-state index < -0.39 is 22.0 Å². The Morgan fingerprint density at radius 1 is 0.897 bits per heavy atom. The van der Waals surface area contributed by atoms with Gasteiger partial charge in [-0.05, 0) is 56.2 Å². The Bertz CT molecular complexity index is 967. The van der Waals surface area contributed by atoms with Gasteiger partial charge in [-0.1, -0.05) is 25.5 Å². The number of ether oxygens (including phenoxy) is 2. The first-order valence-electron chi connectivity index (χ1n) is 9.42. The van der Waals surface area contributed by atoms with Gasteiger partial charge in [0.25, 0.3) is 10.0 Å². The first-order chi connectivity index (χ1) is 13.8. The molecule has 29 heavy (non-hydrogen) atoms. The lowest BCUT2D eigenvalue weighted by molar-refractivity contribution is 0.0512. The molecule has 1 N–H and O–H groups in total. The topological polar surface area (TPSA) is 98.8 Å². The summed E-state index contributed by atoms with van der Waals surface area (Å²) in [5.74, 6) is -1.31. The second-order valence-corrected chi connectivity index (χ2v) is 7.88. The highest BCUT2D eigenvalue weighted by Crippen LogP contribution is 2.24. The minimum absolute atomic E-state index is 0.00563. The van der Waals surface area contributed by atoms with Gasteiger partial charge in [0.15, 0.2) is 0 Å². The number of esters is 2. The van der Waals surface area contributed by atoms with E-state index in [1.54, 1.807) is 26.0 Å². The molecule has 0 aliphatic heterocycles. The molecular weight excluding hydrogens is 394 g/mol. The van der Waals surface area contributed by atoms with Crippen molar-refractivity contribution in [3.05, 3.63) is 59.2 Å². The quantitative estimate of drug-likeness (QED) is 0.621. The molecule has 0 amide bonds. The van der Waals surface area contributed by atoms with Crippen LogP contribution in [0.1, 0.15) is 53.5 Å². The fourth-order valence-electron chi connectivity index (χ4n) is 2.68. The maximum atomic E-state index is 12.8. The number of anilines is 1. The Morgan fingerprint density at radius 2 is 1.52 bits per heavy atom. The molecule has 0 radical (unpaired) electrons. The summed E-state index contributed by atoms with van der Waals surface area (Å²) in [6.45, 7) is 5.65. The Balaban J connectivity index is 2.42. The molecule has 2 aromatic carbocycles. The van der Waals surface area contributed by atoms with Crippen molar-refractivity contribution in [1.29, 1.82) is 0 Å². The van der Waals surface area contributed by atoms with Crippen molar-refractivity contribution in [3.63, 3.8) is 0 Å². The van der Waals surface area contributed by atoms with Gasteiger partial charge in [0, 0.05) is 0 Å². The van der Waals surface area contributed by atoms with Gasteiger partial charge in [0.05, 0.1) is 34.9 Å². The van der Waals surface area contributed by atoms with Gasteiger partial charge >= 0.3 is 11.9 Å². The molecule has 0 aromatic heterocycles. The first-order valence-corrected chi connectivity index (χ1v) is 10.9. The summed E-state index contributed by atoms with van der Waals surface area (Å²) < 4.78 is 38.0. The van der Waals surface area contributed by atoms with Crippen LogP contribution < -0.4 is 4.72 Å². The average Bonchev–Trinajstić information content (AvgIpc) is 2.68. The zero-order valence-corrected chi connectivity index (χ0v) is 17.5. The molecule has 0 spiro atoms. The molecule has 0 aliphatic carbocycles. The van der Waals surface area contributed by atoms with E-state index in [-0.39, 0.29) is 34.9 Å². The molecule has 0 atom stereocenters. The van der Waals surface area contributed by atoms with Crippen molar-refractivity contribution in [2.75, 3.05) is 17.9 Å². The summed E-state index contributed by atoms with van der Waals surface area (Å²) in [5.41, 5.74) is 1.11. The van der Waals surface area contributed by atoms with Crippen LogP contribution in [0.15, 0.2) is 47.4 Å². The van der Waals surface area contributed by atoms with E-state index in [0.29, 0.717) is 0 Å². The van der Waals surface area contributed by atoms with Crippen LogP contribution in [0.2, 0.25) is 0 Å². The second kappa shape index (κ2) is 10.1. The van der Waals surface area contributed by atoms with Crippen LogP contribution in [0, 0.1) is 0 Å². The second-order valence-electron chi connectivity index (χ2n) is 6.20. The molecule has 0 aliphatic rings. The third-order valence-electron chi connectivity index (χ3n) is 4.04. The van der Waals surface area contributed by atoms with Crippen LogP contribution >= 0.6 is 0 Å². The Morgan fingerprint density at radius 3 is 2.10 bits per heavy atom. The highest BCUT2D eigenvalue weighted by atomic mass is 32.2. The third-order valence-corrected chi connectivity index (χ3v) is 5.42. The molecule has 0 bridgehead atoms.